The standard InChI is InChI=1S/C52H34N2.C49H36N2/c1-3-13-43(14-4-1)53-49-18-10-9-17-45(49)47-32-40(26-29-50(47)53)36-19-21-37(22-20-36)41-27-30-51-48(33-41)46-28-25-42(34-52(46)54(51)44-15-5-2-6-16-44)39-24-23-35-11-7-8-12-38(35)31-39;1-3-33-11-10-14-39(28-33)50-46-17-8-6-15-42(46)44-30-37(21-25-48(44)50)36-20-24-41(32(2)27-36)38-22-26-49-45(31-38)43-16-7-9-18-47(43)51(49)40-23-19-34-12-4-5-13-35(34)29-40/h1-34H;4-31H,3H2,1-2H3. The molecule has 4 nitrogen and oxygen atoms in total. The molecule has 21 aromatic rings. The van der Waals surface area contributed by atoms with Crippen LogP contribution in [0, 0.1) is 6.92 Å². The number of fused-ring (bicyclic) bond motifs is 14. The molecule has 0 radical (unpaired) electrons. The third kappa shape index (κ3) is 10.5. The van der Waals surface area contributed by atoms with Crippen LogP contribution in [-0.2, 0) is 6.42 Å². The molecular weight excluding hydrogens is 1270 g/mol. The number of benzene rings is 17. The van der Waals surface area contributed by atoms with Gasteiger partial charge in [0.25, 0.3) is 0 Å². The van der Waals surface area contributed by atoms with Gasteiger partial charge in [-0.25, -0.2) is 0 Å². The smallest absolute Gasteiger partial charge is 0.0547 e. The molecule has 4 aromatic heterocycles. The average Bonchev–Trinajstić information content (AvgIpc) is 1.62. The van der Waals surface area contributed by atoms with Crippen LogP contribution >= 0.6 is 0 Å². The van der Waals surface area contributed by atoms with Crippen molar-refractivity contribution in [1.82, 2.24) is 18.3 Å². The van der Waals surface area contributed by atoms with E-state index in [4.69, 9.17) is 0 Å². The molecular formula is C101H70N4. The molecule has 21 rings (SSSR count). The molecule has 0 fully saturated rings. The summed E-state index contributed by atoms with van der Waals surface area (Å²) in [6, 6.07) is 138. The highest BCUT2D eigenvalue weighted by atomic mass is 15.0. The Bertz CT molecular complexity index is 7000. The molecule has 17 aromatic carbocycles. The summed E-state index contributed by atoms with van der Waals surface area (Å²) in [6.07, 6.45) is 1.02. The Kier molecular flexibility index (Phi) is 14.7. The lowest BCUT2D eigenvalue weighted by atomic mass is 9.94. The molecule has 0 spiro atoms. The molecule has 0 saturated carbocycles. The van der Waals surface area contributed by atoms with Crippen LogP contribution in [0.3, 0.4) is 0 Å². The summed E-state index contributed by atoms with van der Waals surface area (Å²) in [6.45, 7) is 4.46. The van der Waals surface area contributed by atoms with Crippen LogP contribution in [0.2, 0.25) is 0 Å². The van der Waals surface area contributed by atoms with Crippen LogP contribution in [0.15, 0.2) is 376 Å². The second-order valence-corrected chi connectivity index (χ2v) is 27.9. The first-order valence-corrected chi connectivity index (χ1v) is 36.5. The molecule has 0 aliphatic heterocycles. The minimum atomic E-state index is 1.02. The summed E-state index contributed by atoms with van der Waals surface area (Å²) >= 11 is 0. The molecule has 494 valence electrons. The lowest BCUT2D eigenvalue weighted by Gasteiger charge is -2.12. The normalized spacial score (nSPS) is 11.8. The first kappa shape index (κ1) is 61.3. The molecule has 0 atom stereocenters. The van der Waals surface area contributed by atoms with Crippen molar-refractivity contribution >= 4 is 109 Å². The maximum Gasteiger partial charge on any atom is 0.0547 e. The zero-order valence-electron chi connectivity index (χ0n) is 58.3. The van der Waals surface area contributed by atoms with E-state index in [0.717, 1.165) is 12.1 Å². The molecule has 0 saturated heterocycles. The molecule has 0 aliphatic rings. The van der Waals surface area contributed by atoms with Gasteiger partial charge in [-0.2, -0.15) is 0 Å². The monoisotopic (exact) mass is 1340 g/mol. The van der Waals surface area contributed by atoms with E-state index in [1.165, 1.54) is 193 Å². The fraction of sp³-hybridized carbons (Fsp3) is 0.0297. The second-order valence-electron chi connectivity index (χ2n) is 27.9. The van der Waals surface area contributed by atoms with Crippen LogP contribution in [0.4, 0.5) is 0 Å². The average molecular weight is 1340 g/mol. The Morgan fingerprint density at radius 2 is 0.533 bits per heavy atom. The minimum Gasteiger partial charge on any atom is -0.309 e. The lowest BCUT2D eigenvalue weighted by Crippen LogP contribution is -1.95. The van der Waals surface area contributed by atoms with E-state index >= 15 is 0 Å². The van der Waals surface area contributed by atoms with Crippen LogP contribution < -0.4 is 0 Å². The molecule has 0 N–H and O–H groups in total. The number of para-hydroxylation sites is 5. The Morgan fingerprint density at radius 3 is 1.07 bits per heavy atom. The molecule has 0 bridgehead atoms. The van der Waals surface area contributed by atoms with Gasteiger partial charge in [0.15, 0.2) is 0 Å². The fourth-order valence-electron chi connectivity index (χ4n) is 16.7. The Hall–Kier alpha value is -13.5. The van der Waals surface area contributed by atoms with Crippen LogP contribution in [0.25, 0.3) is 187 Å². The number of aromatic nitrogens is 4. The van der Waals surface area contributed by atoms with Gasteiger partial charge in [0.2, 0.25) is 0 Å². The Morgan fingerprint density at radius 1 is 0.190 bits per heavy atom. The first-order chi connectivity index (χ1) is 51.9. The van der Waals surface area contributed by atoms with E-state index < -0.39 is 0 Å². The van der Waals surface area contributed by atoms with Gasteiger partial charge in [0, 0.05) is 65.8 Å². The molecule has 0 aliphatic carbocycles. The topological polar surface area (TPSA) is 19.7 Å². The van der Waals surface area contributed by atoms with Gasteiger partial charge in [0.1, 0.15) is 0 Å². The van der Waals surface area contributed by atoms with Crippen molar-refractivity contribution in [2.24, 2.45) is 0 Å². The largest absolute Gasteiger partial charge is 0.309 e. The quantitative estimate of drug-likeness (QED) is 0.130. The van der Waals surface area contributed by atoms with Gasteiger partial charge in [-0.1, -0.05) is 256 Å². The second kappa shape index (κ2) is 25.2. The van der Waals surface area contributed by atoms with Gasteiger partial charge in [0.05, 0.1) is 44.1 Å². The number of hydrogen-bond acceptors (Lipinski definition) is 0. The summed E-state index contributed by atoms with van der Waals surface area (Å²) < 4.78 is 9.60. The van der Waals surface area contributed by atoms with Crippen LogP contribution in [0.5, 0.6) is 0 Å². The Balaban J connectivity index is 0.000000140. The van der Waals surface area contributed by atoms with Crippen molar-refractivity contribution in [3.05, 3.63) is 387 Å². The third-order valence-corrected chi connectivity index (χ3v) is 21.9. The van der Waals surface area contributed by atoms with Crippen molar-refractivity contribution in [3.8, 4) is 78.4 Å². The first-order valence-electron chi connectivity index (χ1n) is 36.5. The summed E-state index contributed by atoms with van der Waals surface area (Å²) in [4.78, 5) is 0. The zero-order valence-corrected chi connectivity index (χ0v) is 58.3. The third-order valence-electron chi connectivity index (χ3n) is 21.9. The highest BCUT2D eigenvalue weighted by Gasteiger charge is 2.20. The van der Waals surface area contributed by atoms with E-state index in [0.29, 0.717) is 0 Å². The maximum absolute atomic E-state index is 2.41. The van der Waals surface area contributed by atoms with Gasteiger partial charge < -0.3 is 18.3 Å². The predicted octanol–water partition coefficient (Wildman–Crippen LogP) is 27.3. The fourth-order valence-corrected chi connectivity index (χ4v) is 16.7. The zero-order chi connectivity index (χ0) is 69.6. The molecule has 105 heavy (non-hydrogen) atoms. The van der Waals surface area contributed by atoms with Gasteiger partial charge >= 0.3 is 0 Å². The highest BCUT2D eigenvalue weighted by Crippen LogP contribution is 2.43. The van der Waals surface area contributed by atoms with Crippen molar-refractivity contribution in [2.45, 2.75) is 20.3 Å². The van der Waals surface area contributed by atoms with E-state index in [9.17, 15) is 0 Å². The van der Waals surface area contributed by atoms with Gasteiger partial charge in [-0.3, -0.25) is 0 Å². The SMILES string of the molecule is CCc1cccc(-n2c3ccccc3c3cc(-c4ccc(-c5ccc6c(c5)c5ccccc5n6-c5ccc6ccccc6c5)c(C)c4)ccc32)c1.c1ccc(-n2c3ccccc3c3cc(-c4ccc(-c5ccc6c(c5)c5ccc(-c7ccc8ccccc8c7)cc5n6-c5ccccc5)cc4)ccc32)cc1. The summed E-state index contributed by atoms with van der Waals surface area (Å²) in [5.41, 5.74) is 29.4. The maximum atomic E-state index is 2.41. The van der Waals surface area contributed by atoms with Crippen molar-refractivity contribution < 1.29 is 0 Å². The van der Waals surface area contributed by atoms with Crippen LogP contribution in [-0.4, -0.2) is 18.3 Å². The van der Waals surface area contributed by atoms with E-state index in [1.807, 2.05) is 0 Å². The molecule has 4 heteroatoms. The van der Waals surface area contributed by atoms with E-state index in [1.54, 1.807) is 0 Å². The van der Waals surface area contributed by atoms with Crippen LogP contribution in [0.1, 0.15) is 18.1 Å². The lowest BCUT2D eigenvalue weighted by molar-refractivity contribution is 1.11. The van der Waals surface area contributed by atoms with Crippen molar-refractivity contribution in [3.63, 3.8) is 0 Å². The van der Waals surface area contributed by atoms with E-state index in [2.05, 4.69) is 408 Å². The summed E-state index contributed by atoms with van der Waals surface area (Å²) in [5.74, 6) is 0. The van der Waals surface area contributed by atoms with E-state index in [-0.39, 0.29) is 0 Å². The molecule has 4 heterocycles. The van der Waals surface area contributed by atoms with Crippen molar-refractivity contribution in [2.75, 3.05) is 0 Å². The number of hydrogen-bond donors (Lipinski definition) is 0. The molecule has 0 amide bonds. The minimum absolute atomic E-state index is 1.02. The van der Waals surface area contributed by atoms with Crippen molar-refractivity contribution in [1.29, 1.82) is 0 Å². The number of aryl methyl sites for hydroxylation is 2. The number of rotatable bonds is 10. The molecule has 0 unspecified atom stereocenters. The Labute approximate surface area is 609 Å². The van der Waals surface area contributed by atoms with Gasteiger partial charge in [-0.05, 0) is 229 Å². The summed E-state index contributed by atoms with van der Waals surface area (Å²) in [7, 11) is 0. The van der Waals surface area contributed by atoms with Gasteiger partial charge in [-0.15, -0.1) is 0 Å². The number of nitrogens with zero attached hydrogens (tertiary/aromatic N) is 4. The highest BCUT2D eigenvalue weighted by molar-refractivity contribution is 6.15. The summed E-state index contributed by atoms with van der Waals surface area (Å²) in [5, 5.41) is 15.1. The predicted molar refractivity (Wildman–Crippen MR) is 447 cm³/mol.